The number of amides is 3. The molecule has 0 aliphatic carbocycles. The zero-order valence-corrected chi connectivity index (χ0v) is 19.1. The number of rotatable bonds is 7. The lowest BCUT2D eigenvalue weighted by atomic mass is 10.1. The van der Waals surface area contributed by atoms with Gasteiger partial charge in [-0.3, -0.25) is 19.3 Å². The van der Waals surface area contributed by atoms with Crippen molar-refractivity contribution in [3.05, 3.63) is 46.1 Å². The van der Waals surface area contributed by atoms with Crippen LogP contribution >= 0.6 is 11.6 Å². The second kappa shape index (κ2) is 10.6. The molecule has 1 unspecified atom stereocenters. The molecule has 2 aliphatic heterocycles. The fourth-order valence-electron chi connectivity index (χ4n) is 3.94. The predicted octanol–water partition coefficient (Wildman–Crippen LogP) is 1.43. The Morgan fingerprint density at radius 1 is 1.23 bits per heavy atom. The smallest absolute Gasteiger partial charge is 0.287 e. The maximum Gasteiger partial charge on any atom is 0.287 e. The highest BCUT2D eigenvalue weighted by Crippen LogP contribution is 2.28. The Hall–Kier alpha value is -3.16. The van der Waals surface area contributed by atoms with Crippen LogP contribution in [0.4, 0.5) is 19.0 Å². The van der Waals surface area contributed by atoms with Gasteiger partial charge in [0, 0.05) is 30.2 Å². The highest BCUT2D eigenvalue weighted by atomic mass is 35.5. The highest BCUT2D eigenvalue weighted by molar-refractivity contribution is 6.31. The van der Waals surface area contributed by atoms with E-state index in [0.29, 0.717) is 32.0 Å². The number of aromatic nitrogens is 2. The third kappa shape index (κ3) is 5.74. The van der Waals surface area contributed by atoms with Gasteiger partial charge in [0.25, 0.3) is 18.2 Å². The first kappa shape index (κ1) is 24.9. The number of nitrogens with one attached hydrogen (secondary N) is 3. The number of imidazole rings is 1. The van der Waals surface area contributed by atoms with Crippen LogP contribution in [0.3, 0.4) is 0 Å². The van der Waals surface area contributed by atoms with E-state index in [-0.39, 0.29) is 41.2 Å². The average molecular weight is 515 g/mol. The normalized spacial score (nSPS) is 18.2. The van der Waals surface area contributed by atoms with Gasteiger partial charge in [-0.05, 0) is 18.2 Å². The number of hydrogen-bond acceptors (Lipinski definition) is 6. The third-order valence-electron chi connectivity index (χ3n) is 5.57. The quantitative estimate of drug-likeness (QED) is 0.514. The van der Waals surface area contributed by atoms with E-state index >= 15 is 0 Å². The van der Waals surface area contributed by atoms with Crippen molar-refractivity contribution in [2.45, 2.75) is 19.0 Å². The number of carbonyl (C=O) groups is 3. The van der Waals surface area contributed by atoms with Crippen molar-refractivity contribution in [2.75, 3.05) is 44.7 Å². The summed E-state index contributed by atoms with van der Waals surface area (Å²) in [6, 6.07) is 2.35. The molecule has 4 rings (SSSR count). The number of halogens is 4. The molecular formula is C21H22ClF3N6O4. The van der Waals surface area contributed by atoms with Gasteiger partial charge < -0.3 is 25.3 Å². The van der Waals surface area contributed by atoms with Gasteiger partial charge in [-0.25, -0.2) is 18.2 Å². The summed E-state index contributed by atoms with van der Waals surface area (Å²) in [5.41, 5.74) is 0.200. The van der Waals surface area contributed by atoms with E-state index in [9.17, 15) is 27.6 Å². The maximum atomic E-state index is 13.7. The highest BCUT2D eigenvalue weighted by Gasteiger charge is 2.36. The van der Waals surface area contributed by atoms with E-state index in [0.717, 1.165) is 12.1 Å². The van der Waals surface area contributed by atoms with E-state index in [4.69, 9.17) is 16.3 Å². The molecule has 0 saturated carbocycles. The Morgan fingerprint density at radius 2 is 1.97 bits per heavy atom. The van der Waals surface area contributed by atoms with E-state index < -0.39 is 36.6 Å². The van der Waals surface area contributed by atoms with Gasteiger partial charge in [0.1, 0.15) is 11.9 Å². The predicted molar refractivity (Wildman–Crippen MR) is 118 cm³/mol. The molecule has 1 aromatic heterocycles. The lowest BCUT2D eigenvalue weighted by molar-refractivity contribution is -0.126. The number of morpholine rings is 1. The Morgan fingerprint density at radius 3 is 2.66 bits per heavy atom. The molecule has 2 aromatic rings. The Kier molecular flexibility index (Phi) is 7.57. The first-order chi connectivity index (χ1) is 16.7. The van der Waals surface area contributed by atoms with Gasteiger partial charge in [-0.2, -0.15) is 0 Å². The van der Waals surface area contributed by atoms with E-state index in [1.54, 1.807) is 0 Å². The first-order valence-electron chi connectivity index (χ1n) is 10.8. The van der Waals surface area contributed by atoms with Crippen molar-refractivity contribution in [3.63, 3.8) is 0 Å². The van der Waals surface area contributed by atoms with Crippen molar-refractivity contribution in [2.24, 2.45) is 0 Å². The van der Waals surface area contributed by atoms with E-state index in [2.05, 4.69) is 20.9 Å². The molecule has 0 bridgehead atoms. The monoisotopic (exact) mass is 514 g/mol. The number of carbonyl (C=O) groups excluding carboxylic acids is 3. The van der Waals surface area contributed by atoms with Crippen molar-refractivity contribution >= 4 is 35.1 Å². The molecule has 2 aliphatic rings. The van der Waals surface area contributed by atoms with Crippen LogP contribution in [0.5, 0.6) is 0 Å². The summed E-state index contributed by atoms with van der Waals surface area (Å²) in [6.07, 6.45) is -2.79. The number of fused-ring (bicyclic) bond motifs is 1. The Labute approximate surface area is 202 Å². The SMILES string of the molecule is O=C(Nc1nc(C(=O)NCC(F)F)n2c1CNC(=O)C2CN1CCOCC1)c1cc(F)cc(Cl)c1. The van der Waals surface area contributed by atoms with Crippen molar-refractivity contribution < 1.29 is 32.3 Å². The standard InChI is InChI=1S/C21H22ClF3N6O4/c22-12-5-11(6-13(23)7-12)19(32)29-17-14-8-26-20(33)15(10-30-1-3-35-4-2-30)31(14)18(28-17)21(34)27-9-16(24)25/h5-7,15-16H,1-4,8-10H2,(H,26,33)(H,27,34)(H,29,32). The molecule has 3 N–H and O–H groups in total. The average Bonchev–Trinajstić information content (AvgIpc) is 3.17. The van der Waals surface area contributed by atoms with Gasteiger partial charge in [0.2, 0.25) is 11.7 Å². The fraction of sp³-hybridized carbons (Fsp3) is 0.429. The lowest BCUT2D eigenvalue weighted by Gasteiger charge is -2.33. The summed E-state index contributed by atoms with van der Waals surface area (Å²) in [7, 11) is 0. The number of anilines is 1. The molecule has 188 valence electrons. The van der Waals surface area contributed by atoms with Crippen LogP contribution in [-0.4, -0.2) is 78.0 Å². The van der Waals surface area contributed by atoms with Gasteiger partial charge in [0.05, 0.1) is 32.0 Å². The summed E-state index contributed by atoms with van der Waals surface area (Å²) >= 11 is 5.83. The first-order valence-corrected chi connectivity index (χ1v) is 11.1. The zero-order chi connectivity index (χ0) is 25.1. The van der Waals surface area contributed by atoms with E-state index in [1.807, 2.05) is 4.90 Å². The lowest BCUT2D eigenvalue weighted by Crippen LogP contribution is -2.48. The summed E-state index contributed by atoms with van der Waals surface area (Å²) in [4.78, 5) is 44.4. The molecule has 35 heavy (non-hydrogen) atoms. The molecule has 14 heteroatoms. The number of nitrogens with zero attached hydrogens (tertiary/aromatic N) is 3. The van der Waals surface area contributed by atoms with Crippen molar-refractivity contribution in [1.82, 2.24) is 25.1 Å². The Bertz CT molecular complexity index is 1120. The molecule has 3 amide bonds. The largest absolute Gasteiger partial charge is 0.379 e. The second-order valence-electron chi connectivity index (χ2n) is 7.96. The van der Waals surface area contributed by atoms with Crippen molar-refractivity contribution in [3.8, 4) is 0 Å². The van der Waals surface area contributed by atoms with Crippen LogP contribution in [0.1, 0.15) is 32.7 Å². The Balaban J connectivity index is 1.69. The summed E-state index contributed by atoms with van der Waals surface area (Å²) in [6.45, 7) is 1.29. The number of hydrogen-bond donors (Lipinski definition) is 3. The van der Waals surface area contributed by atoms with Crippen LogP contribution in [0.25, 0.3) is 0 Å². The summed E-state index contributed by atoms with van der Waals surface area (Å²) in [5.74, 6) is -3.17. The van der Waals surface area contributed by atoms with Gasteiger partial charge in [-0.1, -0.05) is 11.6 Å². The summed E-state index contributed by atoms with van der Waals surface area (Å²) in [5, 5.41) is 7.31. The van der Waals surface area contributed by atoms with Gasteiger partial charge >= 0.3 is 0 Å². The molecule has 1 fully saturated rings. The minimum atomic E-state index is -2.79. The molecule has 1 aromatic carbocycles. The molecule has 3 heterocycles. The van der Waals surface area contributed by atoms with Crippen LogP contribution in [0, 0.1) is 5.82 Å². The van der Waals surface area contributed by atoms with Crippen LogP contribution in [-0.2, 0) is 16.1 Å². The molecule has 1 atom stereocenters. The minimum Gasteiger partial charge on any atom is -0.379 e. The number of ether oxygens (including phenoxy) is 1. The van der Waals surface area contributed by atoms with E-state index in [1.165, 1.54) is 10.6 Å². The maximum absolute atomic E-state index is 13.7. The van der Waals surface area contributed by atoms with Gasteiger partial charge in [-0.15, -0.1) is 0 Å². The summed E-state index contributed by atoms with van der Waals surface area (Å²) < 4.78 is 45.8. The number of benzene rings is 1. The molecular weight excluding hydrogens is 493 g/mol. The molecule has 1 saturated heterocycles. The topological polar surface area (TPSA) is 118 Å². The molecule has 10 nitrogen and oxygen atoms in total. The minimum absolute atomic E-state index is 0.00641. The van der Waals surface area contributed by atoms with Crippen molar-refractivity contribution in [1.29, 1.82) is 0 Å². The zero-order valence-electron chi connectivity index (χ0n) is 18.3. The van der Waals surface area contributed by atoms with Crippen LogP contribution in [0.15, 0.2) is 18.2 Å². The molecule has 0 spiro atoms. The number of alkyl halides is 2. The third-order valence-corrected chi connectivity index (χ3v) is 5.78. The van der Waals surface area contributed by atoms with Crippen LogP contribution in [0.2, 0.25) is 5.02 Å². The molecule has 0 radical (unpaired) electrons. The second-order valence-corrected chi connectivity index (χ2v) is 8.40. The van der Waals surface area contributed by atoms with Gasteiger partial charge in [0.15, 0.2) is 5.82 Å². The van der Waals surface area contributed by atoms with Crippen LogP contribution < -0.4 is 16.0 Å². The fourth-order valence-corrected chi connectivity index (χ4v) is 4.17.